The fourth-order valence-corrected chi connectivity index (χ4v) is 4.44. The Balaban J connectivity index is 1.67. The number of benzene rings is 2. The number of carbonyl (C=O) groups excluding carboxylic acids is 2. The summed E-state index contributed by atoms with van der Waals surface area (Å²) in [6, 6.07) is 15.3. The molecule has 170 valence electrons. The van der Waals surface area contributed by atoms with E-state index in [9.17, 15) is 14.4 Å². The van der Waals surface area contributed by atoms with Crippen LogP contribution in [0.4, 0.5) is 0 Å². The van der Waals surface area contributed by atoms with Crippen LogP contribution in [0, 0.1) is 6.92 Å². The van der Waals surface area contributed by atoms with E-state index in [2.05, 4.69) is 0 Å². The molecule has 0 atom stereocenters. The number of aromatic nitrogens is 1. The number of hydrogen-bond acceptors (Lipinski definition) is 4. The summed E-state index contributed by atoms with van der Waals surface area (Å²) in [4.78, 5) is 40.3. The monoisotopic (exact) mass is 445 g/mol. The van der Waals surface area contributed by atoms with Crippen LogP contribution in [0.3, 0.4) is 0 Å². The molecule has 2 amide bonds. The summed E-state index contributed by atoms with van der Waals surface area (Å²) in [5, 5.41) is 0. The Morgan fingerprint density at radius 1 is 1.06 bits per heavy atom. The van der Waals surface area contributed by atoms with Crippen LogP contribution < -0.4 is 16.0 Å². The highest BCUT2D eigenvalue weighted by Gasteiger charge is 2.29. The largest absolute Gasteiger partial charge is 0.496 e. The molecule has 7 nitrogen and oxygen atoms in total. The molecule has 0 aliphatic carbocycles. The van der Waals surface area contributed by atoms with E-state index >= 15 is 0 Å². The van der Waals surface area contributed by atoms with E-state index < -0.39 is 5.91 Å². The molecule has 0 fully saturated rings. The zero-order valence-electron chi connectivity index (χ0n) is 18.8. The third kappa shape index (κ3) is 4.39. The van der Waals surface area contributed by atoms with Gasteiger partial charge in [-0.15, -0.1) is 0 Å². The molecule has 7 heteroatoms. The number of nitrogens with zero attached hydrogens (tertiary/aromatic N) is 2. The summed E-state index contributed by atoms with van der Waals surface area (Å²) in [6.45, 7) is 2.96. The fraction of sp³-hybridized carbons (Fsp3) is 0.269. The summed E-state index contributed by atoms with van der Waals surface area (Å²) in [5.74, 6) is -0.347. The van der Waals surface area contributed by atoms with Gasteiger partial charge < -0.3 is 19.9 Å². The third-order valence-electron chi connectivity index (χ3n) is 6.15. The maximum Gasteiger partial charge on any atom is 0.263 e. The Morgan fingerprint density at radius 2 is 1.82 bits per heavy atom. The first-order valence-electron chi connectivity index (χ1n) is 10.9. The fourth-order valence-electron chi connectivity index (χ4n) is 4.44. The smallest absolute Gasteiger partial charge is 0.263 e. The van der Waals surface area contributed by atoms with Crippen LogP contribution in [0.15, 0.2) is 59.5 Å². The van der Waals surface area contributed by atoms with Gasteiger partial charge in [-0.25, -0.2) is 0 Å². The highest BCUT2D eigenvalue weighted by Crippen LogP contribution is 2.27. The van der Waals surface area contributed by atoms with Crippen molar-refractivity contribution in [2.24, 2.45) is 5.73 Å². The summed E-state index contributed by atoms with van der Waals surface area (Å²) in [7, 11) is 1.54. The molecule has 4 rings (SSSR count). The van der Waals surface area contributed by atoms with Gasteiger partial charge in [0.05, 0.1) is 12.7 Å². The average molecular weight is 446 g/mol. The lowest BCUT2D eigenvalue weighted by molar-refractivity contribution is 0.0729. The van der Waals surface area contributed by atoms with Crippen molar-refractivity contribution in [2.45, 2.75) is 32.9 Å². The quantitative estimate of drug-likeness (QED) is 0.631. The van der Waals surface area contributed by atoms with Crippen molar-refractivity contribution >= 4 is 11.8 Å². The van der Waals surface area contributed by atoms with Gasteiger partial charge in [0.2, 0.25) is 0 Å². The van der Waals surface area contributed by atoms with Crippen molar-refractivity contribution < 1.29 is 14.3 Å². The molecule has 1 aliphatic heterocycles. The molecular formula is C26H27N3O4. The van der Waals surface area contributed by atoms with Gasteiger partial charge in [0.15, 0.2) is 0 Å². The first-order valence-corrected chi connectivity index (χ1v) is 10.9. The molecule has 2 aromatic carbocycles. The van der Waals surface area contributed by atoms with Gasteiger partial charge in [-0.2, -0.15) is 0 Å². The first kappa shape index (κ1) is 22.3. The second-order valence-corrected chi connectivity index (χ2v) is 8.24. The van der Waals surface area contributed by atoms with E-state index in [1.54, 1.807) is 24.3 Å². The number of nitrogens with two attached hydrogens (primary N) is 1. The molecule has 1 aliphatic rings. The van der Waals surface area contributed by atoms with Gasteiger partial charge in [0.1, 0.15) is 11.3 Å². The standard InChI is InChI=1S/C26H27N3O4/c1-17-7-6-10-21(33-2)22(17)25(31)29-14-12-20-19(16-29)15-28(26(32)23(20)24(27)30)13-11-18-8-4-3-5-9-18/h3-10,15H,11-14,16H2,1-2H3,(H2,27,30). The first-order chi connectivity index (χ1) is 15.9. The van der Waals surface area contributed by atoms with Crippen LogP contribution in [-0.2, 0) is 25.9 Å². The lowest BCUT2D eigenvalue weighted by Crippen LogP contribution is -2.41. The minimum atomic E-state index is -0.731. The number of methoxy groups -OCH3 is 1. The van der Waals surface area contributed by atoms with Crippen LogP contribution in [-0.4, -0.2) is 34.9 Å². The van der Waals surface area contributed by atoms with Gasteiger partial charge in [0, 0.05) is 25.8 Å². The molecule has 2 heterocycles. The van der Waals surface area contributed by atoms with E-state index in [1.807, 2.05) is 49.4 Å². The van der Waals surface area contributed by atoms with Crippen LogP contribution in [0.1, 0.15) is 43.0 Å². The number of carbonyl (C=O) groups is 2. The van der Waals surface area contributed by atoms with Crippen molar-refractivity contribution in [3.05, 3.63) is 98.5 Å². The van der Waals surface area contributed by atoms with Gasteiger partial charge in [-0.1, -0.05) is 42.5 Å². The Bertz CT molecular complexity index is 1260. The van der Waals surface area contributed by atoms with Crippen LogP contribution >= 0.6 is 0 Å². The Kier molecular flexibility index (Phi) is 6.31. The molecule has 0 radical (unpaired) electrons. The lowest BCUT2D eigenvalue weighted by atomic mass is 9.95. The van der Waals surface area contributed by atoms with E-state index in [1.165, 1.54) is 4.57 Å². The molecule has 0 unspecified atom stereocenters. The predicted molar refractivity (Wildman–Crippen MR) is 126 cm³/mol. The zero-order chi connectivity index (χ0) is 23.5. The number of aryl methyl sites for hydroxylation is 3. The van der Waals surface area contributed by atoms with Crippen molar-refractivity contribution in [2.75, 3.05) is 13.7 Å². The Morgan fingerprint density at radius 3 is 2.52 bits per heavy atom. The average Bonchev–Trinajstić information content (AvgIpc) is 2.82. The number of amides is 2. The van der Waals surface area contributed by atoms with E-state index in [4.69, 9.17) is 10.5 Å². The summed E-state index contributed by atoms with van der Waals surface area (Å²) >= 11 is 0. The van der Waals surface area contributed by atoms with Crippen molar-refractivity contribution in [1.82, 2.24) is 9.47 Å². The number of rotatable bonds is 6. The van der Waals surface area contributed by atoms with Crippen molar-refractivity contribution in [3.63, 3.8) is 0 Å². The molecule has 33 heavy (non-hydrogen) atoms. The minimum Gasteiger partial charge on any atom is -0.496 e. The number of hydrogen-bond donors (Lipinski definition) is 1. The number of fused-ring (bicyclic) bond motifs is 1. The second-order valence-electron chi connectivity index (χ2n) is 8.24. The van der Waals surface area contributed by atoms with E-state index in [0.29, 0.717) is 42.8 Å². The van der Waals surface area contributed by atoms with E-state index in [-0.39, 0.29) is 23.6 Å². The van der Waals surface area contributed by atoms with Crippen LogP contribution in [0.25, 0.3) is 0 Å². The summed E-state index contributed by atoms with van der Waals surface area (Å²) in [6.07, 6.45) is 2.80. The highest BCUT2D eigenvalue weighted by molar-refractivity contribution is 5.99. The molecule has 0 spiro atoms. The SMILES string of the molecule is COc1cccc(C)c1C(=O)N1CCc2c(cn(CCc3ccccc3)c(=O)c2C(N)=O)C1. The molecule has 3 aromatic rings. The number of ether oxygens (including phenoxy) is 1. The zero-order valence-corrected chi connectivity index (χ0v) is 18.8. The Labute approximate surface area is 192 Å². The number of primary amides is 1. The second kappa shape index (κ2) is 9.32. The van der Waals surface area contributed by atoms with Crippen molar-refractivity contribution in [3.8, 4) is 5.75 Å². The van der Waals surface area contributed by atoms with Crippen molar-refractivity contribution in [1.29, 1.82) is 0 Å². The predicted octanol–water partition coefficient (Wildman–Crippen LogP) is 2.71. The normalized spacial score (nSPS) is 12.8. The molecule has 0 saturated carbocycles. The van der Waals surface area contributed by atoms with Gasteiger partial charge in [0.25, 0.3) is 17.4 Å². The number of pyridine rings is 1. The van der Waals surface area contributed by atoms with Gasteiger partial charge in [-0.3, -0.25) is 14.4 Å². The summed E-state index contributed by atoms with van der Waals surface area (Å²) in [5.41, 5.74) is 9.11. The van der Waals surface area contributed by atoms with Crippen LogP contribution in [0.2, 0.25) is 0 Å². The molecule has 0 saturated heterocycles. The molecule has 2 N–H and O–H groups in total. The maximum atomic E-state index is 13.4. The van der Waals surface area contributed by atoms with Gasteiger partial charge in [-0.05, 0) is 48.1 Å². The minimum absolute atomic E-state index is 0.0288. The van der Waals surface area contributed by atoms with Crippen LogP contribution in [0.5, 0.6) is 5.75 Å². The highest BCUT2D eigenvalue weighted by atomic mass is 16.5. The van der Waals surface area contributed by atoms with E-state index in [0.717, 1.165) is 16.7 Å². The summed E-state index contributed by atoms with van der Waals surface area (Å²) < 4.78 is 6.95. The molecular weight excluding hydrogens is 418 g/mol. The topological polar surface area (TPSA) is 94.6 Å². The maximum absolute atomic E-state index is 13.4. The van der Waals surface area contributed by atoms with Gasteiger partial charge >= 0.3 is 0 Å². The molecule has 1 aromatic heterocycles. The Hall–Kier alpha value is -3.87. The lowest BCUT2D eigenvalue weighted by Gasteiger charge is -2.31. The third-order valence-corrected chi connectivity index (χ3v) is 6.15. The molecule has 0 bridgehead atoms.